The monoisotopic (exact) mass is 189 g/mol. The van der Waals surface area contributed by atoms with Crippen LogP contribution in [0, 0.1) is 5.92 Å². The van der Waals surface area contributed by atoms with E-state index in [4.69, 9.17) is 0 Å². The van der Waals surface area contributed by atoms with Gasteiger partial charge >= 0.3 is 0 Å². The molecule has 1 heterocycles. The molecule has 0 unspecified atom stereocenters. The summed E-state index contributed by atoms with van der Waals surface area (Å²) < 4.78 is 0. The lowest BCUT2D eigenvalue weighted by atomic mass is 10.1. The van der Waals surface area contributed by atoms with Crippen LogP contribution in [0.15, 0.2) is 18.3 Å². The lowest BCUT2D eigenvalue weighted by Gasteiger charge is -2.04. The maximum absolute atomic E-state index is 11.6. The van der Waals surface area contributed by atoms with Crippen molar-refractivity contribution in [1.82, 2.24) is 4.98 Å². The van der Waals surface area contributed by atoms with E-state index in [1.807, 2.05) is 12.1 Å². The molecule has 1 aliphatic carbocycles. The molecule has 0 amide bonds. The third-order valence-corrected chi connectivity index (χ3v) is 2.61. The predicted molar refractivity (Wildman–Crippen MR) is 55.4 cm³/mol. The Bertz CT molecular complexity index is 336. The number of hydrogen-bond donors (Lipinski definition) is 0. The van der Waals surface area contributed by atoms with Gasteiger partial charge < -0.3 is 0 Å². The number of aromatic nitrogens is 1. The summed E-state index contributed by atoms with van der Waals surface area (Å²) in [5, 5.41) is 0. The highest BCUT2D eigenvalue weighted by Crippen LogP contribution is 2.32. The Balaban J connectivity index is 2.16. The summed E-state index contributed by atoms with van der Waals surface area (Å²) in [5.74, 6) is 0.995. The number of nitrogens with zero attached hydrogens (tertiary/aromatic N) is 1. The molecule has 1 aromatic rings. The van der Waals surface area contributed by atoms with Crippen molar-refractivity contribution in [3.05, 3.63) is 29.6 Å². The smallest absolute Gasteiger partial charge is 0.167 e. The Hall–Kier alpha value is -1.18. The van der Waals surface area contributed by atoms with Gasteiger partial charge in [-0.1, -0.05) is 13.8 Å². The predicted octanol–water partition coefficient (Wildman–Crippen LogP) is 2.80. The van der Waals surface area contributed by atoms with Crippen molar-refractivity contribution in [2.45, 2.75) is 32.6 Å². The van der Waals surface area contributed by atoms with Crippen LogP contribution in [0.4, 0.5) is 0 Å². The van der Waals surface area contributed by atoms with Gasteiger partial charge in [-0.2, -0.15) is 0 Å². The molecule has 0 bridgehead atoms. The van der Waals surface area contributed by atoms with E-state index in [1.54, 1.807) is 6.20 Å². The first-order valence-corrected chi connectivity index (χ1v) is 5.18. The van der Waals surface area contributed by atoms with Crippen molar-refractivity contribution >= 4 is 5.78 Å². The van der Waals surface area contributed by atoms with Crippen LogP contribution in [0.5, 0.6) is 0 Å². The minimum Gasteiger partial charge on any atom is -0.294 e. The van der Waals surface area contributed by atoms with Crippen LogP contribution >= 0.6 is 0 Å². The van der Waals surface area contributed by atoms with Crippen molar-refractivity contribution in [1.29, 1.82) is 0 Å². The zero-order valence-electron chi connectivity index (χ0n) is 8.66. The summed E-state index contributed by atoms with van der Waals surface area (Å²) in [6, 6.07) is 3.86. The number of hydrogen-bond acceptors (Lipinski definition) is 2. The highest BCUT2D eigenvalue weighted by molar-refractivity contribution is 5.98. The van der Waals surface area contributed by atoms with Gasteiger partial charge in [-0.3, -0.25) is 9.78 Å². The van der Waals surface area contributed by atoms with Gasteiger partial charge in [0.2, 0.25) is 0 Å². The Morgan fingerprint density at radius 2 is 2.14 bits per heavy atom. The molecule has 2 nitrogen and oxygen atoms in total. The average Bonchev–Trinajstić information content (AvgIpc) is 3.00. The average molecular weight is 189 g/mol. The lowest BCUT2D eigenvalue weighted by Crippen LogP contribution is -2.03. The molecule has 0 atom stereocenters. The van der Waals surface area contributed by atoms with E-state index in [0.29, 0.717) is 11.8 Å². The van der Waals surface area contributed by atoms with Crippen LogP contribution in [0.25, 0.3) is 0 Å². The fraction of sp³-hybridized carbons (Fsp3) is 0.500. The summed E-state index contributed by atoms with van der Waals surface area (Å²) in [5.41, 5.74) is 1.83. The molecular formula is C12H15NO. The zero-order valence-corrected chi connectivity index (χ0v) is 8.66. The van der Waals surface area contributed by atoms with Crippen LogP contribution < -0.4 is 0 Å². The van der Waals surface area contributed by atoms with Crippen molar-refractivity contribution in [3.63, 3.8) is 0 Å². The fourth-order valence-corrected chi connectivity index (χ4v) is 1.47. The van der Waals surface area contributed by atoms with Crippen LogP contribution in [-0.4, -0.2) is 10.8 Å². The van der Waals surface area contributed by atoms with E-state index in [0.717, 1.165) is 24.1 Å². The Morgan fingerprint density at radius 1 is 1.43 bits per heavy atom. The van der Waals surface area contributed by atoms with Gasteiger partial charge in [-0.25, -0.2) is 0 Å². The SMILES string of the molecule is CC(C)c1ccc(C(=O)C2CC2)cn1. The van der Waals surface area contributed by atoms with E-state index in [2.05, 4.69) is 18.8 Å². The van der Waals surface area contributed by atoms with Crippen LogP contribution in [0.3, 0.4) is 0 Å². The Morgan fingerprint density at radius 3 is 2.57 bits per heavy atom. The molecule has 2 rings (SSSR count). The second kappa shape index (κ2) is 3.52. The summed E-state index contributed by atoms with van der Waals surface area (Å²) in [6.07, 6.45) is 3.84. The molecule has 0 spiro atoms. The summed E-state index contributed by atoms with van der Waals surface area (Å²) in [6.45, 7) is 4.20. The highest BCUT2D eigenvalue weighted by atomic mass is 16.1. The number of ketones is 1. The zero-order chi connectivity index (χ0) is 10.1. The van der Waals surface area contributed by atoms with Gasteiger partial charge in [-0.05, 0) is 30.9 Å². The third kappa shape index (κ3) is 1.84. The summed E-state index contributed by atoms with van der Waals surface area (Å²) >= 11 is 0. The number of carbonyl (C=O) groups is 1. The van der Waals surface area contributed by atoms with Crippen molar-refractivity contribution in [3.8, 4) is 0 Å². The van der Waals surface area contributed by atoms with Crippen LogP contribution in [0.1, 0.15) is 48.7 Å². The van der Waals surface area contributed by atoms with E-state index < -0.39 is 0 Å². The molecule has 1 saturated carbocycles. The van der Waals surface area contributed by atoms with Gasteiger partial charge in [0.05, 0.1) is 0 Å². The Kier molecular flexibility index (Phi) is 2.36. The van der Waals surface area contributed by atoms with E-state index in [-0.39, 0.29) is 5.78 Å². The molecule has 14 heavy (non-hydrogen) atoms. The molecule has 0 aromatic carbocycles. The standard InChI is InChI=1S/C12H15NO/c1-8(2)11-6-5-10(7-13-11)12(14)9-3-4-9/h5-9H,3-4H2,1-2H3. The lowest BCUT2D eigenvalue weighted by molar-refractivity contribution is 0.0967. The van der Waals surface area contributed by atoms with E-state index >= 15 is 0 Å². The maximum atomic E-state index is 11.6. The number of pyridine rings is 1. The van der Waals surface area contributed by atoms with Crippen molar-refractivity contribution in [2.75, 3.05) is 0 Å². The molecule has 0 saturated heterocycles. The number of carbonyl (C=O) groups excluding carboxylic acids is 1. The molecule has 1 aliphatic rings. The second-order valence-corrected chi connectivity index (χ2v) is 4.26. The minimum absolute atomic E-state index is 0.271. The Labute approximate surface area is 84.4 Å². The quantitative estimate of drug-likeness (QED) is 0.684. The van der Waals surface area contributed by atoms with Crippen LogP contribution in [0.2, 0.25) is 0 Å². The van der Waals surface area contributed by atoms with Gasteiger partial charge in [0.15, 0.2) is 5.78 Å². The fourth-order valence-electron chi connectivity index (χ4n) is 1.47. The normalized spacial score (nSPS) is 15.9. The molecule has 0 N–H and O–H groups in total. The largest absolute Gasteiger partial charge is 0.294 e. The van der Waals surface area contributed by atoms with Gasteiger partial charge in [-0.15, -0.1) is 0 Å². The molecule has 0 aliphatic heterocycles. The van der Waals surface area contributed by atoms with Crippen LogP contribution in [-0.2, 0) is 0 Å². The second-order valence-electron chi connectivity index (χ2n) is 4.26. The van der Waals surface area contributed by atoms with Crippen molar-refractivity contribution < 1.29 is 4.79 Å². The molecule has 1 aromatic heterocycles. The molecule has 0 radical (unpaired) electrons. The topological polar surface area (TPSA) is 30.0 Å². The van der Waals surface area contributed by atoms with E-state index in [1.165, 1.54) is 0 Å². The highest BCUT2D eigenvalue weighted by Gasteiger charge is 2.30. The minimum atomic E-state index is 0.271. The van der Waals surface area contributed by atoms with Gasteiger partial charge in [0.25, 0.3) is 0 Å². The molecular weight excluding hydrogens is 174 g/mol. The maximum Gasteiger partial charge on any atom is 0.167 e. The van der Waals surface area contributed by atoms with Crippen molar-refractivity contribution in [2.24, 2.45) is 5.92 Å². The van der Waals surface area contributed by atoms with Gasteiger partial charge in [0, 0.05) is 23.4 Å². The first-order valence-electron chi connectivity index (χ1n) is 5.18. The molecule has 74 valence electrons. The summed E-state index contributed by atoms with van der Waals surface area (Å²) in [4.78, 5) is 15.9. The van der Waals surface area contributed by atoms with E-state index in [9.17, 15) is 4.79 Å². The third-order valence-electron chi connectivity index (χ3n) is 2.61. The number of Topliss-reactive ketones (excluding diaryl/α,β-unsaturated/α-hetero) is 1. The number of rotatable bonds is 3. The van der Waals surface area contributed by atoms with Gasteiger partial charge in [0.1, 0.15) is 0 Å². The first-order chi connectivity index (χ1) is 6.68. The summed E-state index contributed by atoms with van der Waals surface area (Å²) in [7, 11) is 0. The first kappa shape index (κ1) is 9.38. The molecule has 1 fully saturated rings. The molecule has 2 heteroatoms.